The summed E-state index contributed by atoms with van der Waals surface area (Å²) in [5, 5.41) is 3.65. The zero-order valence-corrected chi connectivity index (χ0v) is 12.9. The van der Waals surface area contributed by atoms with E-state index in [-0.39, 0.29) is 5.41 Å². The summed E-state index contributed by atoms with van der Waals surface area (Å²) in [5.41, 5.74) is 2.77. The smallest absolute Gasteiger partial charge is 0.103 e. The van der Waals surface area contributed by atoms with Crippen molar-refractivity contribution >= 4 is 0 Å². The third-order valence-corrected chi connectivity index (χ3v) is 3.31. The number of benzene rings is 1. The van der Waals surface area contributed by atoms with Gasteiger partial charge in [0.15, 0.2) is 0 Å². The van der Waals surface area contributed by atoms with E-state index in [9.17, 15) is 0 Å². The molecule has 0 radical (unpaired) electrons. The van der Waals surface area contributed by atoms with Crippen molar-refractivity contribution in [2.24, 2.45) is 5.41 Å². The monoisotopic (exact) mass is 271 g/mol. The van der Waals surface area contributed by atoms with Crippen molar-refractivity contribution < 1.29 is 0 Å². The quantitative estimate of drug-likeness (QED) is 0.863. The number of nitrogens with zero attached hydrogens (tertiary/aromatic N) is 1. The molecule has 0 amide bonds. The molecule has 2 N–H and O–H groups in total. The van der Waals surface area contributed by atoms with Gasteiger partial charge in [-0.3, -0.25) is 0 Å². The Labute approximate surface area is 121 Å². The van der Waals surface area contributed by atoms with Crippen LogP contribution in [0.2, 0.25) is 0 Å². The number of hydrogen-bond donors (Lipinski definition) is 2. The predicted molar refractivity (Wildman–Crippen MR) is 83.4 cm³/mol. The van der Waals surface area contributed by atoms with Crippen LogP contribution < -0.4 is 5.32 Å². The first-order valence-electron chi connectivity index (χ1n) is 7.23. The fourth-order valence-electron chi connectivity index (χ4n) is 2.40. The lowest BCUT2D eigenvalue weighted by atomic mass is 9.85. The van der Waals surface area contributed by atoms with Gasteiger partial charge >= 0.3 is 0 Å². The fraction of sp³-hybridized carbons (Fsp3) is 0.471. The number of aryl methyl sites for hydroxylation is 1. The fourth-order valence-corrected chi connectivity index (χ4v) is 2.40. The van der Waals surface area contributed by atoms with Gasteiger partial charge in [0.2, 0.25) is 0 Å². The van der Waals surface area contributed by atoms with Crippen molar-refractivity contribution in [1.82, 2.24) is 15.3 Å². The van der Waals surface area contributed by atoms with E-state index in [0.29, 0.717) is 6.04 Å². The Balaban J connectivity index is 2.07. The van der Waals surface area contributed by atoms with Gasteiger partial charge in [-0.15, -0.1) is 0 Å². The maximum Gasteiger partial charge on any atom is 0.103 e. The summed E-state index contributed by atoms with van der Waals surface area (Å²) in [6.07, 6.45) is 3.01. The molecule has 0 aliphatic heterocycles. The third-order valence-electron chi connectivity index (χ3n) is 3.31. The molecule has 1 heterocycles. The van der Waals surface area contributed by atoms with Gasteiger partial charge in [0.05, 0.1) is 0 Å². The van der Waals surface area contributed by atoms with Gasteiger partial charge in [-0.25, -0.2) is 4.98 Å². The Morgan fingerprint density at radius 1 is 1.20 bits per heavy atom. The molecule has 2 rings (SSSR count). The average Bonchev–Trinajstić information content (AvgIpc) is 2.80. The van der Waals surface area contributed by atoms with Gasteiger partial charge in [0, 0.05) is 24.5 Å². The molecule has 0 aliphatic rings. The summed E-state index contributed by atoms with van der Waals surface area (Å²) in [5.74, 6) is 0.967. The Kier molecular flexibility index (Phi) is 4.61. The van der Waals surface area contributed by atoms with Crippen LogP contribution >= 0.6 is 0 Å². The highest BCUT2D eigenvalue weighted by atomic mass is 15.0. The molecule has 1 atom stereocenters. The second-order valence-corrected chi connectivity index (χ2v) is 6.60. The van der Waals surface area contributed by atoms with Gasteiger partial charge in [-0.2, -0.15) is 0 Å². The van der Waals surface area contributed by atoms with Gasteiger partial charge in [-0.1, -0.05) is 51.1 Å². The van der Waals surface area contributed by atoms with Crippen LogP contribution in [0.25, 0.3) is 0 Å². The molecule has 1 aromatic carbocycles. The first-order valence-corrected chi connectivity index (χ1v) is 7.23. The summed E-state index contributed by atoms with van der Waals surface area (Å²) in [4.78, 5) is 7.52. The van der Waals surface area contributed by atoms with Crippen LogP contribution in [0.1, 0.15) is 50.3 Å². The highest BCUT2D eigenvalue weighted by Crippen LogP contribution is 2.29. The molecule has 0 spiro atoms. The van der Waals surface area contributed by atoms with E-state index >= 15 is 0 Å². The lowest BCUT2D eigenvalue weighted by molar-refractivity contribution is 0.309. The molecule has 0 bridgehead atoms. The van der Waals surface area contributed by atoms with Crippen molar-refractivity contribution in [3.05, 3.63) is 53.6 Å². The highest BCUT2D eigenvalue weighted by Gasteiger charge is 2.19. The van der Waals surface area contributed by atoms with Crippen molar-refractivity contribution in [1.29, 1.82) is 0 Å². The minimum absolute atomic E-state index is 0.289. The highest BCUT2D eigenvalue weighted by molar-refractivity contribution is 5.19. The van der Waals surface area contributed by atoms with Gasteiger partial charge in [-0.05, 0) is 24.3 Å². The van der Waals surface area contributed by atoms with E-state index in [2.05, 4.69) is 66.4 Å². The van der Waals surface area contributed by atoms with E-state index in [0.717, 1.165) is 24.5 Å². The topological polar surface area (TPSA) is 40.7 Å². The van der Waals surface area contributed by atoms with Crippen LogP contribution in [0, 0.1) is 12.3 Å². The Hall–Kier alpha value is -1.61. The van der Waals surface area contributed by atoms with Crippen LogP contribution in [0.15, 0.2) is 36.5 Å². The largest absolute Gasteiger partial charge is 0.345 e. The molecule has 1 aromatic heterocycles. The first kappa shape index (κ1) is 14.8. The number of hydrogen-bond acceptors (Lipinski definition) is 2. The lowest BCUT2D eigenvalue weighted by Crippen LogP contribution is -2.25. The second kappa shape index (κ2) is 6.23. The van der Waals surface area contributed by atoms with E-state index in [4.69, 9.17) is 0 Å². The molecular weight excluding hydrogens is 246 g/mol. The molecule has 3 heteroatoms. The summed E-state index contributed by atoms with van der Waals surface area (Å²) >= 11 is 0. The first-order chi connectivity index (χ1) is 9.44. The third kappa shape index (κ3) is 4.49. The number of imidazole rings is 1. The van der Waals surface area contributed by atoms with E-state index < -0.39 is 0 Å². The second-order valence-electron chi connectivity index (χ2n) is 6.60. The summed E-state index contributed by atoms with van der Waals surface area (Å²) in [6, 6.07) is 11.0. The van der Waals surface area contributed by atoms with Crippen LogP contribution in [0.3, 0.4) is 0 Å². The molecular formula is C17H25N3. The number of aromatic amines is 1. The number of nitrogens with one attached hydrogen (secondary N) is 2. The molecule has 0 aliphatic carbocycles. The summed E-state index contributed by atoms with van der Waals surface area (Å²) in [7, 11) is 0. The standard InChI is InChI=1S/C17H25N3/c1-13-18-11-15(20-13)12-19-16(10-17(2,3)4)14-8-6-5-7-9-14/h5-9,11,16,19H,10,12H2,1-4H3,(H,18,20). The van der Waals surface area contributed by atoms with E-state index in [1.54, 1.807) is 0 Å². The lowest BCUT2D eigenvalue weighted by Gasteiger charge is -2.27. The molecule has 0 saturated heterocycles. The van der Waals surface area contributed by atoms with Crippen LogP contribution in [-0.2, 0) is 6.54 Å². The number of H-pyrrole nitrogens is 1. The molecule has 108 valence electrons. The maximum atomic E-state index is 4.25. The van der Waals surface area contributed by atoms with Crippen LogP contribution in [-0.4, -0.2) is 9.97 Å². The maximum absolute atomic E-state index is 4.25. The van der Waals surface area contributed by atoms with E-state index in [1.807, 2.05) is 13.1 Å². The molecule has 1 unspecified atom stereocenters. The number of rotatable bonds is 5. The minimum Gasteiger partial charge on any atom is -0.345 e. The number of aromatic nitrogens is 2. The molecule has 20 heavy (non-hydrogen) atoms. The van der Waals surface area contributed by atoms with Crippen molar-refractivity contribution in [2.45, 2.75) is 46.7 Å². The normalized spacial score (nSPS) is 13.4. The van der Waals surface area contributed by atoms with Crippen molar-refractivity contribution in [3.63, 3.8) is 0 Å². The van der Waals surface area contributed by atoms with Crippen LogP contribution in [0.5, 0.6) is 0 Å². The van der Waals surface area contributed by atoms with Gasteiger partial charge < -0.3 is 10.3 Å². The zero-order valence-electron chi connectivity index (χ0n) is 12.9. The molecule has 0 saturated carbocycles. The Morgan fingerprint density at radius 3 is 2.45 bits per heavy atom. The molecule has 3 nitrogen and oxygen atoms in total. The van der Waals surface area contributed by atoms with Crippen molar-refractivity contribution in [3.8, 4) is 0 Å². The van der Waals surface area contributed by atoms with Gasteiger partial charge in [0.1, 0.15) is 5.82 Å². The summed E-state index contributed by atoms with van der Waals surface area (Å²) in [6.45, 7) is 9.64. The summed E-state index contributed by atoms with van der Waals surface area (Å²) < 4.78 is 0. The van der Waals surface area contributed by atoms with Gasteiger partial charge in [0.25, 0.3) is 0 Å². The molecule has 0 fully saturated rings. The SMILES string of the molecule is Cc1ncc(CNC(CC(C)(C)C)c2ccccc2)[nH]1. The molecule has 2 aromatic rings. The zero-order chi connectivity index (χ0) is 14.6. The Morgan fingerprint density at radius 2 is 1.90 bits per heavy atom. The minimum atomic E-state index is 0.289. The van der Waals surface area contributed by atoms with Crippen molar-refractivity contribution in [2.75, 3.05) is 0 Å². The van der Waals surface area contributed by atoms with E-state index in [1.165, 1.54) is 5.56 Å². The average molecular weight is 271 g/mol. The Bertz CT molecular complexity index is 523. The van der Waals surface area contributed by atoms with Crippen LogP contribution in [0.4, 0.5) is 0 Å². The predicted octanol–water partition coefficient (Wildman–Crippen LogP) is 3.99.